The van der Waals surface area contributed by atoms with Crippen LogP contribution < -0.4 is 0 Å². The molecule has 0 aromatic rings. The Morgan fingerprint density at radius 1 is 1.05 bits per heavy atom. The lowest BCUT2D eigenvalue weighted by molar-refractivity contribution is -0.130. The third kappa shape index (κ3) is 8.85. The van der Waals surface area contributed by atoms with Gasteiger partial charge in [-0.3, -0.25) is 4.79 Å². The summed E-state index contributed by atoms with van der Waals surface area (Å²) < 4.78 is 0. The third-order valence-electron chi connectivity index (χ3n) is 3.70. The number of hydrogen-bond acceptors (Lipinski definition) is 1. The second kappa shape index (κ2) is 10.1. The lowest BCUT2D eigenvalue weighted by atomic mass is 9.90. The molecule has 2 heteroatoms. The Morgan fingerprint density at radius 3 is 2.16 bits per heavy atom. The van der Waals surface area contributed by atoms with Gasteiger partial charge in [-0.25, -0.2) is 0 Å². The van der Waals surface area contributed by atoms with E-state index in [4.69, 9.17) is 0 Å². The molecule has 0 radical (unpaired) electrons. The van der Waals surface area contributed by atoms with Gasteiger partial charge < -0.3 is 4.90 Å². The maximum Gasteiger partial charge on any atom is 0.219 e. The molecule has 2 atom stereocenters. The minimum Gasteiger partial charge on any atom is -0.342 e. The normalized spacial score (nSPS) is 14.9. The predicted octanol–water partition coefficient (Wildman–Crippen LogP) is 4.51. The Balaban J connectivity index is 4.19. The fourth-order valence-corrected chi connectivity index (χ4v) is 2.23. The van der Waals surface area contributed by atoms with E-state index in [1.165, 1.54) is 6.42 Å². The van der Waals surface area contributed by atoms with Crippen LogP contribution in [0.25, 0.3) is 0 Å². The highest BCUT2D eigenvalue weighted by Crippen LogP contribution is 2.19. The Morgan fingerprint density at radius 2 is 1.68 bits per heavy atom. The van der Waals surface area contributed by atoms with Gasteiger partial charge in [0, 0.05) is 20.0 Å². The van der Waals surface area contributed by atoms with Gasteiger partial charge in [0.05, 0.1) is 0 Å². The van der Waals surface area contributed by atoms with Gasteiger partial charge in [0.15, 0.2) is 0 Å². The summed E-state index contributed by atoms with van der Waals surface area (Å²) in [6.07, 6.45) is 8.00. The van der Waals surface area contributed by atoms with Crippen molar-refractivity contribution in [2.24, 2.45) is 17.8 Å². The van der Waals surface area contributed by atoms with Crippen molar-refractivity contribution in [2.75, 3.05) is 13.1 Å². The van der Waals surface area contributed by atoms with Crippen LogP contribution >= 0.6 is 0 Å². The largest absolute Gasteiger partial charge is 0.342 e. The molecule has 0 spiro atoms. The van der Waals surface area contributed by atoms with Crippen molar-refractivity contribution < 1.29 is 4.79 Å². The van der Waals surface area contributed by atoms with Gasteiger partial charge in [-0.05, 0) is 37.0 Å². The van der Waals surface area contributed by atoms with E-state index in [0.717, 1.165) is 25.9 Å². The Labute approximate surface area is 120 Å². The maximum atomic E-state index is 11.7. The van der Waals surface area contributed by atoms with E-state index in [1.54, 1.807) is 6.92 Å². The molecule has 0 aliphatic carbocycles. The molecule has 0 heterocycles. The van der Waals surface area contributed by atoms with E-state index in [0.29, 0.717) is 17.8 Å². The Bertz CT molecular complexity index is 270. The van der Waals surface area contributed by atoms with Gasteiger partial charge in [0.2, 0.25) is 5.91 Å². The minimum absolute atomic E-state index is 0.207. The van der Waals surface area contributed by atoms with E-state index in [1.807, 2.05) is 4.90 Å². The van der Waals surface area contributed by atoms with E-state index in [2.05, 4.69) is 46.8 Å². The van der Waals surface area contributed by atoms with E-state index in [9.17, 15) is 4.79 Å². The van der Waals surface area contributed by atoms with Crippen molar-refractivity contribution in [1.29, 1.82) is 0 Å². The van der Waals surface area contributed by atoms with Crippen molar-refractivity contribution in [2.45, 2.75) is 60.8 Å². The first kappa shape index (κ1) is 18.2. The van der Waals surface area contributed by atoms with Crippen LogP contribution in [0.2, 0.25) is 0 Å². The Kier molecular flexibility index (Phi) is 9.63. The smallest absolute Gasteiger partial charge is 0.219 e. The van der Waals surface area contributed by atoms with E-state index in [-0.39, 0.29) is 5.91 Å². The molecule has 112 valence electrons. The second-order valence-corrected chi connectivity index (χ2v) is 6.23. The van der Waals surface area contributed by atoms with Crippen molar-refractivity contribution in [1.82, 2.24) is 4.90 Å². The molecule has 0 fully saturated rings. The zero-order chi connectivity index (χ0) is 14.8. The van der Waals surface area contributed by atoms with E-state index >= 15 is 0 Å². The SMILES string of the molecule is CC/C=C\CCC(C)C(C)CN(CC(C)C)C(C)=O. The van der Waals surface area contributed by atoms with Gasteiger partial charge in [0.1, 0.15) is 0 Å². The summed E-state index contributed by atoms with van der Waals surface area (Å²) in [5.41, 5.74) is 0. The molecular formula is C17H33NO. The van der Waals surface area contributed by atoms with Gasteiger partial charge in [0.25, 0.3) is 0 Å². The molecule has 0 bridgehead atoms. The molecule has 2 nitrogen and oxygen atoms in total. The highest BCUT2D eigenvalue weighted by atomic mass is 16.2. The molecule has 0 aliphatic heterocycles. The average molecular weight is 267 g/mol. The molecule has 0 saturated carbocycles. The lowest BCUT2D eigenvalue weighted by Crippen LogP contribution is -2.37. The highest BCUT2D eigenvalue weighted by Gasteiger charge is 2.18. The summed E-state index contributed by atoms with van der Waals surface area (Å²) in [6.45, 7) is 14.5. The summed E-state index contributed by atoms with van der Waals surface area (Å²) in [5.74, 6) is 1.98. The quantitative estimate of drug-likeness (QED) is 0.563. The second-order valence-electron chi connectivity index (χ2n) is 6.23. The predicted molar refractivity (Wildman–Crippen MR) is 84.1 cm³/mol. The van der Waals surface area contributed by atoms with Crippen molar-refractivity contribution in [3.63, 3.8) is 0 Å². The summed E-state index contributed by atoms with van der Waals surface area (Å²) in [7, 11) is 0. The molecule has 0 N–H and O–H groups in total. The lowest BCUT2D eigenvalue weighted by Gasteiger charge is -2.29. The van der Waals surface area contributed by atoms with Crippen molar-refractivity contribution >= 4 is 5.91 Å². The van der Waals surface area contributed by atoms with Gasteiger partial charge >= 0.3 is 0 Å². The molecular weight excluding hydrogens is 234 g/mol. The number of amides is 1. The minimum atomic E-state index is 0.207. The van der Waals surface area contributed by atoms with Crippen LogP contribution in [0.5, 0.6) is 0 Å². The molecule has 2 unspecified atom stereocenters. The fraction of sp³-hybridized carbons (Fsp3) is 0.824. The molecule has 0 rings (SSSR count). The van der Waals surface area contributed by atoms with Crippen LogP contribution in [-0.4, -0.2) is 23.9 Å². The molecule has 0 saturated heterocycles. The van der Waals surface area contributed by atoms with Crippen LogP contribution in [0.15, 0.2) is 12.2 Å². The summed E-state index contributed by atoms with van der Waals surface area (Å²) in [5, 5.41) is 0. The standard InChI is InChI=1S/C17H33NO/c1-7-8-9-10-11-15(4)16(5)13-18(17(6)19)12-14(2)3/h8-9,14-16H,7,10-13H2,1-6H3/b9-8-. The number of allylic oxidation sites excluding steroid dienone is 2. The van der Waals surface area contributed by atoms with E-state index < -0.39 is 0 Å². The van der Waals surface area contributed by atoms with Gasteiger partial charge in [-0.1, -0.05) is 46.8 Å². The summed E-state index contributed by atoms with van der Waals surface area (Å²) >= 11 is 0. The zero-order valence-electron chi connectivity index (χ0n) is 13.8. The zero-order valence-corrected chi connectivity index (χ0v) is 13.8. The average Bonchev–Trinajstić information content (AvgIpc) is 2.32. The van der Waals surface area contributed by atoms with Crippen LogP contribution in [0, 0.1) is 17.8 Å². The van der Waals surface area contributed by atoms with Crippen LogP contribution in [0.4, 0.5) is 0 Å². The first-order valence-electron chi connectivity index (χ1n) is 7.78. The molecule has 0 aromatic carbocycles. The van der Waals surface area contributed by atoms with Crippen molar-refractivity contribution in [3.8, 4) is 0 Å². The van der Waals surface area contributed by atoms with Crippen molar-refractivity contribution in [3.05, 3.63) is 12.2 Å². The first-order chi connectivity index (χ1) is 8.88. The topological polar surface area (TPSA) is 20.3 Å². The summed E-state index contributed by atoms with van der Waals surface area (Å²) in [6, 6.07) is 0. The molecule has 0 aromatic heterocycles. The van der Waals surface area contributed by atoms with Gasteiger partial charge in [-0.15, -0.1) is 0 Å². The number of carbonyl (C=O) groups is 1. The Hall–Kier alpha value is -0.790. The number of nitrogens with zero attached hydrogens (tertiary/aromatic N) is 1. The molecule has 0 aliphatic rings. The van der Waals surface area contributed by atoms with Crippen LogP contribution in [0.3, 0.4) is 0 Å². The summed E-state index contributed by atoms with van der Waals surface area (Å²) in [4.78, 5) is 13.7. The third-order valence-corrected chi connectivity index (χ3v) is 3.70. The first-order valence-corrected chi connectivity index (χ1v) is 7.78. The number of hydrogen-bond donors (Lipinski definition) is 0. The maximum absolute atomic E-state index is 11.7. The monoisotopic (exact) mass is 267 g/mol. The molecule has 1 amide bonds. The highest BCUT2D eigenvalue weighted by molar-refractivity contribution is 5.73. The fourth-order valence-electron chi connectivity index (χ4n) is 2.23. The van der Waals surface area contributed by atoms with Gasteiger partial charge in [-0.2, -0.15) is 0 Å². The number of carbonyl (C=O) groups excluding carboxylic acids is 1. The van der Waals surface area contributed by atoms with Crippen LogP contribution in [0.1, 0.15) is 60.8 Å². The molecule has 19 heavy (non-hydrogen) atoms. The number of rotatable bonds is 9. The van der Waals surface area contributed by atoms with Crippen LogP contribution in [-0.2, 0) is 4.79 Å².